The summed E-state index contributed by atoms with van der Waals surface area (Å²) in [6, 6.07) is 22.5. The van der Waals surface area contributed by atoms with Crippen LogP contribution in [-0.4, -0.2) is 15.5 Å². The molecule has 3 aromatic carbocycles. The van der Waals surface area contributed by atoms with Gasteiger partial charge in [-0.1, -0.05) is 29.5 Å². The van der Waals surface area contributed by atoms with Gasteiger partial charge in [0.1, 0.15) is 5.75 Å². The van der Waals surface area contributed by atoms with Gasteiger partial charge in [0.15, 0.2) is 0 Å². The van der Waals surface area contributed by atoms with Gasteiger partial charge in [0.2, 0.25) is 0 Å². The number of carbonyl (C=O) groups excluding carboxylic acids is 1. The van der Waals surface area contributed by atoms with Gasteiger partial charge < -0.3 is 9.30 Å². The van der Waals surface area contributed by atoms with Gasteiger partial charge in [0.05, 0.1) is 17.6 Å². The molecule has 0 radical (unpaired) electrons. The van der Waals surface area contributed by atoms with Crippen molar-refractivity contribution in [3.8, 4) is 23.3 Å². The van der Waals surface area contributed by atoms with Crippen LogP contribution in [0.5, 0.6) is 5.75 Å². The number of hydrogen-bond acceptors (Lipinski definition) is 3. The van der Waals surface area contributed by atoms with Crippen LogP contribution in [0.2, 0.25) is 0 Å². The Morgan fingerprint density at radius 3 is 2.00 bits per heavy atom. The zero-order valence-electron chi connectivity index (χ0n) is 16.8. The highest BCUT2D eigenvalue weighted by Crippen LogP contribution is 2.15. The number of ether oxygens (including phenoxy) is 1. The van der Waals surface area contributed by atoms with Crippen LogP contribution in [-0.2, 0) is 0 Å². The molecule has 4 rings (SSSR count). The van der Waals surface area contributed by atoms with Crippen molar-refractivity contribution in [2.45, 2.75) is 13.8 Å². The average molecular weight is 392 g/mol. The summed E-state index contributed by atoms with van der Waals surface area (Å²) in [7, 11) is 0. The van der Waals surface area contributed by atoms with E-state index in [9.17, 15) is 4.79 Å². The first-order chi connectivity index (χ1) is 14.6. The maximum atomic E-state index is 12.2. The SMILES string of the molecule is Cc1ccc(C(=O)Oc2ccc(C#Cc3ccc(-n4cnc(C)c4)cc3)cc2)cc1. The second kappa shape index (κ2) is 8.50. The summed E-state index contributed by atoms with van der Waals surface area (Å²) in [5.74, 6) is 6.41. The zero-order valence-corrected chi connectivity index (χ0v) is 16.8. The largest absolute Gasteiger partial charge is 0.423 e. The summed E-state index contributed by atoms with van der Waals surface area (Å²) in [6.45, 7) is 3.94. The third-order valence-corrected chi connectivity index (χ3v) is 4.58. The number of aryl methyl sites for hydroxylation is 2. The fraction of sp³-hybridized carbons (Fsp3) is 0.0769. The summed E-state index contributed by atoms with van der Waals surface area (Å²) in [6.07, 6.45) is 3.77. The van der Waals surface area contributed by atoms with Crippen LogP contribution in [0.15, 0.2) is 85.3 Å². The highest BCUT2D eigenvalue weighted by molar-refractivity contribution is 5.91. The molecule has 0 fully saturated rings. The van der Waals surface area contributed by atoms with Crippen molar-refractivity contribution in [2.75, 3.05) is 0 Å². The van der Waals surface area contributed by atoms with Gasteiger partial charge in [0, 0.05) is 23.0 Å². The van der Waals surface area contributed by atoms with Crippen LogP contribution in [0.3, 0.4) is 0 Å². The minimum atomic E-state index is -0.373. The first kappa shape index (κ1) is 19.2. The number of hydrogen-bond donors (Lipinski definition) is 0. The van der Waals surface area contributed by atoms with Crippen molar-refractivity contribution in [1.29, 1.82) is 0 Å². The molecule has 4 nitrogen and oxygen atoms in total. The molecular weight excluding hydrogens is 372 g/mol. The molecule has 0 bridgehead atoms. The molecule has 1 heterocycles. The minimum Gasteiger partial charge on any atom is -0.423 e. The molecule has 1 aromatic heterocycles. The summed E-state index contributed by atoms with van der Waals surface area (Å²) in [4.78, 5) is 16.4. The standard InChI is InChI=1S/C26H20N2O2/c1-19-3-11-23(12-4-19)26(29)30-25-15-9-22(10-16-25)6-5-21-7-13-24(14-8-21)28-17-20(2)27-18-28/h3-4,7-18H,1-2H3. The number of imidazole rings is 1. The van der Waals surface area contributed by atoms with Gasteiger partial charge in [-0.2, -0.15) is 0 Å². The molecule has 30 heavy (non-hydrogen) atoms. The highest BCUT2D eigenvalue weighted by atomic mass is 16.5. The molecule has 0 aliphatic carbocycles. The first-order valence-corrected chi connectivity index (χ1v) is 9.59. The van der Waals surface area contributed by atoms with Crippen molar-refractivity contribution in [3.05, 3.63) is 113 Å². The van der Waals surface area contributed by atoms with E-state index in [4.69, 9.17) is 4.74 Å². The predicted octanol–water partition coefficient (Wildman–Crippen LogP) is 5.11. The quantitative estimate of drug-likeness (QED) is 0.277. The number of rotatable bonds is 3. The summed E-state index contributed by atoms with van der Waals surface area (Å²) >= 11 is 0. The Labute approximate surface area is 175 Å². The van der Waals surface area contributed by atoms with E-state index >= 15 is 0 Å². The van der Waals surface area contributed by atoms with Crippen LogP contribution >= 0.6 is 0 Å². The lowest BCUT2D eigenvalue weighted by molar-refractivity contribution is 0.0735. The first-order valence-electron chi connectivity index (χ1n) is 9.59. The van der Waals surface area contributed by atoms with Crippen molar-refractivity contribution in [1.82, 2.24) is 9.55 Å². The Kier molecular flexibility index (Phi) is 5.45. The van der Waals surface area contributed by atoms with E-state index < -0.39 is 0 Å². The van der Waals surface area contributed by atoms with Gasteiger partial charge in [-0.05, 0) is 74.5 Å². The number of benzene rings is 3. The van der Waals surface area contributed by atoms with E-state index in [1.54, 1.807) is 30.6 Å². The normalized spacial score (nSPS) is 10.2. The molecule has 0 atom stereocenters. The second-order valence-electron chi connectivity index (χ2n) is 7.00. The zero-order chi connectivity index (χ0) is 20.9. The number of esters is 1. The Hall–Kier alpha value is -4.10. The molecule has 0 saturated carbocycles. The van der Waals surface area contributed by atoms with Crippen molar-refractivity contribution >= 4 is 5.97 Å². The van der Waals surface area contributed by atoms with E-state index in [0.717, 1.165) is 28.1 Å². The third-order valence-electron chi connectivity index (χ3n) is 4.58. The Morgan fingerprint density at radius 1 is 0.833 bits per heavy atom. The van der Waals surface area contributed by atoms with E-state index in [-0.39, 0.29) is 5.97 Å². The van der Waals surface area contributed by atoms with Crippen LogP contribution in [0.4, 0.5) is 0 Å². The monoisotopic (exact) mass is 392 g/mol. The van der Waals surface area contributed by atoms with Crippen molar-refractivity contribution in [2.24, 2.45) is 0 Å². The minimum absolute atomic E-state index is 0.373. The number of aromatic nitrogens is 2. The molecule has 0 aliphatic rings. The molecule has 0 saturated heterocycles. The van der Waals surface area contributed by atoms with Crippen LogP contribution in [0.25, 0.3) is 5.69 Å². The molecule has 0 amide bonds. The molecule has 0 aliphatic heterocycles. The molecule has 0 spiro atoms. The van der Waals surface area contributed by atoms with Gasteiger partial charge >= 0.3 is 5.97 Å². The van der Waals surface area contributed by atoms with E-state index in [1.165, 1.54) is 0 Å². The maximum absolute atomic E-state index is 12.2. The van der Waals surface area contributed by atoms with Gasteiger partial charge in [0.25, 0.3) is 0 Å². The van der Waals surface area contributed by atoms with E-state index in [2.05, 4.69) is 16.8 Å². The average Bonchev–Trinajstić information content (AvgIpc) is 3.20. The number of nitrogens with zero attached hydrogens (tertiary/aromatic N) is 2. The Bertz CT molecular complexity index is 1220. The molecule has 0 unspecified atom stereocenters. The predicted molar refractivity (Wildman–Crippen MR) is 117 cm³/mol. The smallest absolute Gasteiger partial charge is 0.343 e. The number of carbonyl (C=O) groups is 1. The highest BCUT2D eigenvalue weighted by Gasteiger charge is 2.07. The van der Waals surface area contributed by atoms with Crippen LogP contribution in [0.1, 0.15) is 32.7 Å². The second-order valence-corrected chi connectivity index (χ2v) is 7.00. The third kappa shape index (κ3) is 4.65. The maximum Gasteiger partial charge on any atom is 0.343 e. The summed E-state index contributed by atoms with van der Waals surface area (Å²) in [5, 5.41) is 0. The fourth-order valence-electron chi connectivity index (χ4n) is 2.89. The van der Waals surface area contributed by atoms with Crippen LogP contribution < -0.4 is 4.74 Å². The molecule has 0 N–H and O–H groups in total. The van der Waals surface area contributed by atoms with E-state index in [0.29, 0.717) is 11.3 Å². The lowest BCUT2D eigenvalue weighted by Crippen LogP contribution is -2.08. The lowest BCUT2D eigenvalue weighted by Gasteiger charge is -2.04. The van der Waals surface area contributed by atoms with Crippen molar-refractivity contribution in [3.63, 3.8) is 0 Å². The Morgan fingerprint density at radius 2 is 1.43 bits per heavy atom. The fourth-order valence-corrected chi connectivity index (χ4v) is 2.89. The summed E-state index contributed by atoms with van der Waals surface area (Å²) in [5.41, 5.74) is 5.41. The van der Waals surface area contributed by atoms with Crippen molar-refractivity contribution < 1.29 is 9.53 Å². The lowest BCUT2D eigenvalue weighted by atomic mass is 10.1. The van der Waals surface area contributed by atoms with Crippen LogP contribution in [0, 0.1) is 25.7 Å². The summed E-state index contributed by atoms with van der Waals surface area (Å²) < 4.78 is 7.40. The van der Waals surface area contributed by atoms with E-state index in [1.807, 2.05) is 73.1 Å². The van der Waals surface area contributed by atoms with Gasteiger partial charge in [-0.15, -0.1) is 0 Å². The molecule has 4 heteroatoms. The van der Waals surface area contributed by atoms with Gasteiger partial charge in [-0.3, -0.25) is 0 Å². The molecule has 146 valence electrons. The molecular formula is C26H20N2O2. The Balaban J connectivity index is 1.41. The van der Waals surface area contributed by atoms with Gasteiger partial charge in [-0.25, -0.2) is 9.78 Å². The topological polar surface area (TPSA) is 44.1 Å². The molecule has 4 aromatic rings.